The Morgan fingerprint density at radius 3 is 2.21 bits per heavy atom. The highest BCUT2D eigenvalue weighted by molar-refractivity contribution is 6.03. The second kappa shape index (κ2) is 13.4. The SMILES string of the molecule is CC(C)Cn1nc(C(=O)Nc2ccc(CNCc3ccoc3)cc2)cc1-c1ccccc1.O=C(O)C(F)(F)F. The van der Waals surface area contributed by atoms with Gasteiger partial charge in [-0.1, -0.05) is 56.3 Å². The number of aromatic nitrogens is 2. The fourth-order valence-corrected chi connectivity index (χ4v) is 3.50. The molecule has 206 valence electrons. The smallest absolute Gasteiger partial charge is 0.475 e. The summed E-state index contributed by atoms with van der Waals surface area (Å²) in [6.45, 7) is 6.51. The molecule has 8 nitrogen and oxygen atoms in total. The molecular weight excluding hydrogens is 513 g/mol. The summed E-state index contributed by atoms with van der Waals surface area (Å²) in [5.41, 5.74) is 5.40. The summed E-state index contributed by atoms with van der Waals surface area (Å²) in [7, 11) is 0. The van der Waals surface area contributed by atoms with Crippen LogP contribution in [0.3, 0.4) is 0 Å². The van der Waals surface area contributed by atoms with E-state index in [1.807, 2.05) is 71.4 Å². The lowest BCUT2D eigenvalue weighted by atomic mass is 10.1. The third-order valence-electron chi connectivity index (χ3n) is 5.31. The minimum absolute atomic E-state index is 0.212. The molecule has 2 aromatic carbocycles. The second-order valence-corrected chi connectivity index (χ2v) is 9.05. The molecule has 4 rings (SSSR count). The number of carboxylic acid groups (broad SMARTS) is 1. The van der Waals surface area contributed by atoms with Gasteiger partial charge in [0.1, 0.15) is 0 Å². The summed E-state index contributed by atoms with van der Waals surface area (Å²) >= 11 is 0. The van der Waals surface area contributed by atoms with Crippen LogP contribution in [-0.2, 0) is 24.4 Å². The van der Waals surface area contributed by atoms with Crippen LogP contribution in [-0.4, -0.2) is 32.9 Å². The molecule has 4 aromatic rings. The van der Waals surface area contributed by atoms with Crippen molar-refractivity contribution in [3.8, 4) is 11.3 Å². The molecule has 0 saturated carbocycles. The molecule has 0 aliphatic carbocycles. The van der Waals surface area contributed by atoms with Crippen molar-refractivity contribution in [3.63, 3.8) is 0 Å². The molecule has 0 fully saturated rings. The number of carbonyl (C=O) groups excluding carboxylic acids is 1. The van der Waals surface area contributed by atoms with E-state index in [9.17, 15) is 18.0 Å². The third kappa shape index (κ3) is 9.15. The number of aliphatic carboxylic acids is 1. The number of amides is 1. The molecule has 2 heterocycles. The van der Waals surface area contributed by atoms with Crippen LogP contribution in [0.2, 0.25) is 0 Å². The highest BCUT2D eigenvalue weighted by Crippen LogP contribution is 2.22. The molecule has 39 heavy (non-hydrogen) atoms. The number of alkyl halides is 3. The van der Waals surface area contributed by atoms with Crippen LogP contribution in [0.15, 0.2) is 83.7 Å². The predicted molar refractivity (Wildman–Crippen MR) is 140 cm³/mol. The first kappa shape index (κ1) is 29.2. The first-order valence-electron chi connectivity index (χ1n) is 12.1. The number of benzene rings is 2. The van der Waals surface area contributed by atoms with Gasteiger partial charge in [-0.2, -0.15) is 18.3 Å². The Labute approximate surface area is 223 Å². The van der Waals surface area contributed by atoms with Gasteiger partial charge in [0, 0.05) is 30.9 Å². The van der Waals surface area contributed by atoms with E-state index in [1.54, 1.807) is 12.5 Å². The molecular formula is C28H29F3N4O4. The Kier molecular flexibility index (Phi) is 10.0. The number of nitrogens with one attached hydrogen (secondary N) is 2. The highest BCUT2D eigenvalue weighted by atomic mass is 19.4. The largest absolute Gasteiger partial charge is 0.490 e. The normalized spacial score (nSPS) is 11.1. The van der Waals surface area contributed by atoms with Gasteiger partial charge in [-0.05, 0) is 41.3 Å². The lowest BCUT2D eigenvalue weighted by Crippen LogP contribution is -2.21. The average Bonchev–Trinajstić information content (AvgIpc) is 3.55. The molecule has 0 radical (unpaired) electrons. The van der Waals surface area contributed by atoms with Gasteiger partial charge in [0.2, 0.25) is 0 Å². The summed E-state index contributed by atoms with van der Waals surface area (Å²) in [6, 6.07) is 21.7. The molecule has 0 unspecified atom stereocenters. The molecule has 0 saturated heterocycles. The van der Waals surface area contributed by atoms with Gasteiger partial charge in [0.05, 0.1) is 18.2 Å². The van der Waals surface area contributed by atoms with E-state index in [0.29, 0.717) is 11.6 Å². The van der Waals surface area contributed by atoms with Gasteiger partial charge >= 0.3 is 12.1 Å². The van der Waals surface area contributed by atoms with Crippen molar-refractivity contribution in [3.05, 3.63) is 96.1 Å². The topological polar surface area (TPSA) is 109 Å². The van der Waals surface area contributed by atoms with Gasteiger partial charge in [0.25, 0.3) is 5.91 Å². The summed E-state index contributed by atoms with van der Waals surface area (Å²) in [4.78, 5) is 21.8. The molecule has 0 spiro atoms. The Morgan fingerprint density at radius 2 is 1.64 bits per heavy atom. The maximum atomic E-state index is 12.9. The van der Waals surface area contributed by atoms with Crippen molar-refractivity contribution in [1.82, 2.24) is 15.1 Å². The van der Waals surface area contributed by atoms with E-state index in [1.165, 1.54) is 0 Å². The van der Waals surface area contributed by atoms with E-state index in [-0.39, 0.29) is 5.91 Å². The van der Waals surface area contributed by atoms with Crippen LogP contribution in [0, 0.1) is 5.92 Å². The molecule has 0 atom stereocenters. The lowest BCUT2D eigenvalue weighted by Gasteiger charge is -2.09. The second-order valence-electron chi connectivity index (χ2n) is 9.05. The van der Waals surface area contributed by atoms with E-state index < -0.39 is 12.1 Å². The van der Waals surface area contributed by atoms with Crippen molar-refractivity contribution in [2.24, 2.45) is 5.92 Å². The number of furan rings is 1. The van der Waals surface area contributed by atoms with Gasteiger partial charge in [-0.15, -0.1) is 0 Å². The quantitative estimate of drug-likeness (QED) is 0.240. The zero-order chi connectivity index (χ0) is 28.4. The standard InChI is InChI=1S/C26H28N4O2.C2HF3O2/c1-19(2)17-30-25(22-6-4-3-5-7-22)14-24(29-30)26(31)28-23-10-8-20(9-11-23)15-27-16-21-12-13-32-18-21;3-2(4,5)1(6)7/h3-14,18-19,27H,15-17H2,1-2H3,(H,28,31);(H,6,7). The lowest BCUT2D eigenvalue weighted by molar-refractivity contribution is -0.192. The maximum absolute atomic E-state index is 12.9. The summed E-state index contributed by atoms with van der Waals surface area (Å²) < 4.78 is 38.7. The zero-order valence-corrected chi connectivity index (χ0v) is 21.4. The summed E-state index contributed by atoms with van der Waals surface area (Å²) in [6.07, 6.45) is -1.68. The van der Waals surface area contributed by atoms with E-state index >= 15 is 0 Å². The monoisotopic (exact) mass is 542 g/mol. The van der Waals surface area contributed by atoms with Crippen molar-refractivity contribution in [1.29, 1.82) is 0 Å². The summed E-state index contributed by atoms with van der Waals surface area (Å²) in [5.74, 6) is -2.55. The first-order valence-corrected chi connectivity index (χ1v) is 12.1. The Bertz CT molecular complexity index is 1330. The van der Waals surface area contributed by atoms with Crippen LogP contribution in [0.4, 0.5) is 18.9 Å². The molecule has 2 aromatic heterocycles. The van der Waals surface area contributed by atoms with Crippen LogP contribution >= 0.6 is 0 Å². The maximum Gasteiger partial charge on any atom is 0.490 e. The summed E-state index contributed by atoms with van der Waals surface area (Å²) in [5, 5.41) is 18.0. The number of nitrogens with zero attached hydrogens (tertiary/aromatic N) is 2. The van der Waals surface area contributed by atoms with Crippen molar-refractivity contribution in [2.75, 3.05) is 5.32 Å². The molecule has 0 bridgehead atoms. The molecule has 0 aliphatic rings. The van der Waals surface area contributed by atoms with Gasteiger partial charge in [-0.25, -0.2) is 4.79 Å². The number of carboxylic acids is 1. The van der Waals surface area contributed by atoms with Gasteiger partial charge in [0.15, 0.2) is 5.69 Å². The minimum Gasteiger partial charge on any atom is -0.475 e. The van der Waals surface area contributed by atoms with Crippen LogP contribution in [0.1, 0.15) is 35.5 Å². The fraction of sp³-hybridized carbons (Fsp3) is 0.250. The van der Waals surface area contributed by atoms with E-state index in [2.05, 4.69) is 29.6 Å². The Hall–Kier alpha value is -4.38. The number of hydrogen-bond acceptors (Lipinski definition) is 5. The molecule has 1 amide bonds. The number of carbonyl (C=O) groups is 2. The van der Waals surface area contributed by atoms with Crippen LogP contribution in [0.5, 0.6) is 0 Å². The fourth-order valence-electron chi connectivity index (χ4n) is 3.50. The van der Waals surface area contributed by atoms with Crippen molar-refractivity contribution >= 4 is 17.6 Å². The third-order valence-corrected chi connectivity index (χ3v) is 5.31. The van der Waals surface area contributed by atoms with E-state index in [4.69, 9.17) is 14.3 Å². The number of anilines is 1. The van der Waals surface area contributed by atoms with Gasteiger partial charge < -0.3 is 20.2 Å². The minimum atomic E-state index is -5.08. The number of hydrogen-bond donors (Lipinski definition) is 3. The Morgan fingerprint density at radius 1 is 1.00 bits per heavy atom. The van der Waals surface area contributed by atoms with Crippen LogP contribution in [0.25, 0.3) is 11.3 Å². The molecule has 3 N–H and O–H groups in total. The van der Waals surface area contributed by atoms with Crippen LogP contribution < -0.4 is 10.6 Å². The highest BCUT2D eigenvalue weighted by Gasteiger charge is 2.38. The number of halogens is 3. The van der Waals surface area contributed by atoms with Crippen molar-refractivity contribution in [2.45, 2.75) is 39.7 Å². The first-order chi connectivity index (χ1) is 18.5. The van der Waals surface area contributed by atoms with Crippen molar-refractivity contribution < 1.29 is 32.3 Å². The average molecular weight is 543 g/mol. The number of rotatable bonds is 9. The zero-order valence-electron chi connectivity index (χ0n) is 21.4. The van der Waals surface area contributed by atoms with Gasteiger partial charge in [-0.3, -0.25) is 9.48 Å². The Balaban J connectivity index is 0.000000532. The molecule has 11 heteroatoms. The predicted octanol–water partition coefficient (Wildman–Crippen LogP) is 5.97. The molecule has 0 aliphatic heterocycles. The van der Waals surface area contributed by atoms with E-state index in [0.717, 1.165) is 47.7 Å².